The van der Waals surface area contributed by atoms with Gasteiger partial charge < -0.3 is 21.1 Å². The third kappa shape index (κ3) is 8.09. The fourth-order valence-electron chi connectivity index (χ4n) is 4.80. The fraction of sp³-hybridized carbons (Fsp3) is 0.367. The molecule has 0 bridgehead atoms. The Balaban J connectivity index is 1.52. The summed E-state index contributed by atoms with van der Waals surface area (Å²) in [6.45, 7) is 7.84. The lowest BCUT2D eigenvalue weighted by Crippen LogP contribution is -2.48. The molecule has 0 radical (unpaired) electrons. The van der Waals surface area contributed by atoms with Crippen molar-refractivity contribution in [1.29, 1.82) is 0 Å². The molecule has 8 nitrogen and oxygen atoms in total. The molecule has 4 rings (SSSR count). The molecule has 0 aliphatic carbocycles. The zero-order valence-corrected chi connectivity index (χ0v) is 24.5. The summed E-state index contributed by atoms with van der Waals surface area (Å²) < 4.78 is 23.0. The molecule has 2 aromatic carbocycles. The third-order valence-electron chi connectivity index (χ3n) is 6.87. The van der Waals surface area contributed by atoms with Gasteiger partial charge in [0.25, 0.3) is 5.91 Å². The molecule has 2 atom stereocenters. The number of benzene rings is 2. The maximum atomic E-state index is 13.6. The van der Waals surface area contributed by atoms with Crippen LogP contribution in [-0.2, 0) is 13.0 Å². The van der Waals surface area contributed by atoms with Gasteiger partial charge in [-0.05, 0) is 67.0 Å². The minimum atomic E-state index is -2.94. The number of hydrogen-bond donors (Lipinski definition) is 6. The number of amides is 1. The molecular weight excluding hydrogens is 544 g/mol. The molecule has 1 aromatic heterocycles. The van der Waals surface area contributed by atoms with Gasteiger partial charge in [0.15, 0.2) is 0 Å². The monoisotopic (exact) mass is 584 g/mol. The second-order valence-electron chi connectivity index (χ2n) is 9.97. The van der Waals surface area contributed by atoms with Gasteiger partial charge in [0.2, 0.25) is 0 Å². The van der Waals surface area contributed by atoms with Crippen LogP contribution in [0.15, 0.2) is 66.6 Å². The highest BCUT2D eigenvalue weighted by atomic mass is 32.3. The van der Waals surface area contributed by atoms with Crippen molar-refractivity contribution in [2.45, 2.75) is 44.9 Å². The molecule has 40 heavy (non-hydrogen) atoms. The predicted molar refractivity (Wildman–Crippen MR) is 168 cm³/mol. The number of nitrogens with one attached hydrogen (secondary N) is 3. The lowest BCUT2D eigenvalue weighted by Gasteiger charge is -2.47. The van der Waals surface area contributed by atoms with E-state index in [1.807, 2.05) is 49.4 Å². The van der Waals surface area contributed by atoms with Crippen molar-refractivity contribution in [1.82, 2.24) is 10.6 Å². The number of hydrogen-bond acceptors (Lipinski definition) is 8. The largest absolute Gasteiger partial charge is 0.390 e. The zero-order valence-electron chi connectivity index (χ0n) is 22.9. The van der Waals surface area contributed by atoms with Crippen molar-refractivity contribution < 1.29 is 19.0 Å². The van der Waals surface area contributed by atoms with Gasteiger partial charge in [0.05, 0.1) is 23.6 Å². The minimum absolute atomic E-state index is 0.300. The SMILES string of the molecule is C=Cc1cc(CNCC(O)C(Cc2ccccc2)NC(=O)c2cc(NCC)cc(N3CCCCS3(O)O)c2)cs1. The first-order valence-corrected chi connectivity index (χ1v) is 16.2. The molecule has 0 spiro atoms. The zero-order chi connectivity index (χ0) is 28.5. The average molecular weight is 585 g/mol. The lowest BCUT2D eigenvalue weighted by molar-refractivity contribution is 0.0830. The van der Waals surface area contributed by atoms with Crippen LogP contribution in [0.5, 0.6) is 0 Å². The lowest BCUT2D eigenvalue weighted by atomic mass is 10.00. The summed E-state index contributed by atoms with van der Waals surface area (Å²) >= 11 is 1.62. The minimum Gasteiger partial charge on any atom is -0.390 e. The Kier molecular flexibility index (Phi) is 10.7. The maximum absolute atomic E-state index is 13.6. The summed E-state index contributed by atoms with van der Waals surface area (Å²) in [6.07, 6.45) is 3.04. The third-order valence-corrected chi connectivity index (χ3v) is 9.78. The quantitative estimate of drug-likeness (QED) is 0.155. The van der Waals surface area contributed by atoms with Crippen molar-refractivity contribution in [3.8, 4) is 0 Å². The second-order valence-corrected chi connectivity index (χ2v) is 13.0. The number of aliphatic hydroxyl groups is 1. The molecule has 1 saturated heterocycles. The van der Waals surface area contributed by atoms with Crippen molar-refractivity contribution in [3.05, 3.63) is 88.1 Å². The van der Waals surface area contributed by atoms with Crippen LogP contribution >= 0.6 is 22.1 Å². The smallest absolute Gasteiger partial charge is 0.251 e. The number of anilines is 2. The van der Waals surface area contributed by atoms with Gasteiger partial charge in [-0.15, -0.1) is 22.1 Å². The van der Waals surface area contributed by atoms with E-state index in [1.54, 1.807) is 27.8 Å². The van der Waals surface area contributed by atoms with Crippen LogP contribution in [0, 0.1) is 0 Å². The summed E-state index contributed by atoms with van der Waals surface area (Å²) in [5, 5.41) is 22.9. The van der Waals surface area contributed by atoms with Crippen LogP contribution in [0.25, 0.3) is 6.08 Å². The van der Waals surface area contributed by atoms with Crippen molar-refractivity contribution in [2.75, 3.05) is 35.0 Å². The van der Waals surface area contributed by atoms with Crippen LogP contribution in [0.3, 0.4) is 0 Å². The molecule has 2 heterocycles. The van der Waals surface area contributed by atoms with E-state index >= 15 is 0 Å². The van der Waals surface area contributed by atoms with Gasteiger partial charge in [0.1, 0.15) is 0 Å². The summed E-state index contributed by atoms with van der Waals surface area (Å²) in [4.78, 5) is 14.7. The van der Waals surface area contributed by atoms with Crippen molar-refractivity contribution >= 4 is 45.5 Å². The first-order chi connectivity index (χ1) is 19.3. The van der Waals surface area contributed by atoms with Gasteiger partial charge >= 0.3 is 0 Å². The Bertz CT molecular complexity index is 1270. The summed E-state index contributed by atoms with van der Waals surface area (Å²) in [5.41, 5.74) is 3.83. The van der Waals surface area contributed by atoms with Crippen molar-refractivity contribution in [3.63, 3.8) is 0 Å². The molecule has 10 heteroatoms. The topological polar surface area (TPSA) is 117 Å². The highest BCUT2D eigenvalue weighted by Crippen LogP contribution is 2.50. The normalized spacial score (nSPS) is 17.1. The molecule has 216 valence electrons. The molecule has 1 fully saturated rings. The Morgan fingerprint density at radius 1 is 1.15 bits per heavy atom. The molecule has 6 N–H and O–H groups in total. The van der Waals surface area contributed by atoms with Crippen LogP contribution in [0.4, 0.5) is 11.4 Å². The first kappa shape index (κ1) is 30.1. The van der Waals surface area contributed by atoms with Gasteiger partial charge in [-0.3, -0.25) is 18.2 Å². The maximum Gasteiger partial charge on any atom is 0.251 e. The molecule has 1 amide bonds. The van der Waals surface area contributed by atoms with Gasteiger partial charge in [-0.2, -0.15) is 0 Å². The van der Waals surface area contributed by atoms with Crippen LogP contribution in [-0.4, -0.2) is 57.7 Å². The first-order valence-electron chi connectivity index (χ1n) is 13.6. The van der Waals surface area contributed by atoms with E-state index in [2.05, 4.69) is 34.0 Å². The van der Waals surface area contributed by atoms with E-state index in [9.17, 15) is 19.0 Å². The molecular formula is C30H40N4O4S2. The number of carbonyl (C=O) groups is 1. The van der Waals surface area contributed by atoms with Gasteiger partial charge in [-0.1, -0.05) is 43.0 Å². The Morgan fingerprint density at radius 3 is 2.65 bits per heavy atom. The number of thiophene rings is 1. The molecule has 0 saturated carbocycles. The highest BCUT2D eigenvalue weighted by molar-refractivity contribution is 8.25. The Morgan fingerprint density at radius 2 is 1.95 bits per heavy atom. The van der Waals surface area contributed by atoms with E-state index in [-0.39, 0.29) is 5.91 Å². The second kappa shape index (κ2) is 14.2. The molecule has 3 aromatic rings. The Labute approximate surface area is 242 Å². The van der Waals surface area contributed by atoms with Crippen LogP contribution < -0.4 is 20.3 Å². The number of carbonyl (C=O) groups excluding carboxylic acids is 1. The summed E-state index contributed by atoms with van der Waals surface area (Å²) in [5.74, 6) is -0.0126. The highest BCUT2D eigenvalue weighted by Gasteiger charge is 2.28. The van der Waals surface area contributed by atoms with E-state index in [4.69, 9.17) is 0 Å². The Hall–Kier alpha value is -2.86. The van der Waals surface area contributed by atoms with Gasteiger partial charge in [-0.25, -0.2) is 0 Å². The van der Waals surface area contributed by atoms with Crippen LogP contribution in [0.1, 0.15) is 46.1 Å². The van der Waals surface area contributed by atoms with E-state index in [1.165, 1.54) is 0 Å². The molecule has 2 unspecified atom stereocenters. The molecule has 1 aliphatic heterocycles. The van der Waals surface area contributed by atoms with Gasteiger partial charge in [0, 0.05) is 42.3 Å². The fourth-order valence-corrected chi connectivity index (χ4v) is 7.23. The van der Waals surface area contributed by atoms with Crippen molar-refractivity contribution in [2.24, 2.45) is 0 Å². The molecule has 1 aliphatic rings. The van der Waals surface area contributed by atoms with E-state index < -0.39 is 22.9 Å². The standard InChI is InChI=1S/C30H40N4O4S2/c1-3-27-14-23(21-39-27)19-31-20-29(35)28(15-22-10-6-5-7-11-22)33-30(36)24-16-25(32-4-2)18-26(17-24)34-12-8-9-13-40(34,37)38/h3,5-7,10-11,14,16-18,21,28-29,31-32,35,37-38H,1,4,8-9,12-13,15,19-20H2,2H3,(H,33,36). The number of rotatable bonds is 13. The van der Waals surface area contributed by atoms with E-state index in [0.29, 0.717) is 49.6 Å². The summed E-state index contributed by atoms with van der Waals surface area (Å²) in [7, 11) is -2.94. The number of nitrogens with zero attached hydrogens (tertiary/aromatic N) is 1. The van der Waals surface area contributed by atoms with E-state index in [0.717, 1.165) is 34.5 Å². The average Bonchev–Trinajstić information content (AvgIpc) is 3.41. The predicted octanol–water partition coefficient (Wildman–Crippen LogP) is 5.58. The van der Waals surface area contributed by atoms with Crippen LogP contribution in [0.2, 0.25) is 0 Å². The number of aliphatic hydroxyl groups excluding tert-OH is 1. The summed E-state index contributed by atoms with van der Waals surface area (Å²) in [6, 6.07) is 16.6.